The molecular formula is C11H14. The minimum Gasteiger partial charge on any atom is -0.0844 e. The molecule has 0 fully saturated rings. The zero-order valence-electron chi connectivity index (χ0n) is 6.74. The first kappa shape index (κ1) is 8.06. The molecule has 0 nitrogen and oxygen atoms in total. The predicted octanol–water partition coefficient (Wildman–Crippen LogP) is 3.40. The highest BCUT2D eigenvalue weighted by Gasteiger charge is 1.75. The molecule has 0 spiro atoms. The molecule has 0 aliphatic heterocycles. The second-order valence-electron chi connectivity index (χ2n) is 2.51. The zero-order valence-corrected chi connectivity index (χ0v) is 6.74. The molecule has 0 heterocycles. The van der Waals surface area contributed by atoms with Crippen molar-refractivity contribution in [3.05, 3.63) is 48.6 Å². The van der Waals surface area contributed by atoms with Crippen LogP contribution in [0.1, 0.15) is 19.3 Å². The molecule has 1 rings (SSSR count). The van der Waals surface area contributed by atoms with E-state index in [-0.39, 0.29) is 0 Å². The van der Waals surface area contributed by atoms with E-state index in [9.17, 15) is 0 Å². The number of hydrogen-bond acceptors (Lipinski definition) is 0. The summed E-state index contributed by atoms with van der Waals surface area (Å²) in [6.07, 6.45) is 20.5. The fourth-order valence-corrected chi connectivity index (χ4v) is 0.935. The van der Waals surface area contributed by atoms with Crippen LogP contribution in [0.4, 0.5) is 0 Å². The first-order valence-electron chi connectivity index (χ1n) is 4.12. The van der Waals surface area contributed by atoms with Crippen molar-refractivity contribution in [1.29, 1.82) is 0 Å². The molecule has 0 atom stereocenters. The topological polar surface area (TPSA) is 0 Å². The van der Waals surface area contributed by atoms with Gasteiger partial charge in [-0.2, -0.15) is 0 Å². The Balaban J connectivity index is 2.47. The maximum Gasteiger partial charge on any atom is -0.0166 e. The molecule has 0 heteroatoms. The second kappa shape index (κ2) is 5.72. The van der Waals surface area contributed by atoms with Gasteiger partial charge in [-0.1, -0.05) is 48.6 Å². The van der Waals surface area contributed by atoms with Gasteiger partial charge in [0.25, 0.3) is 0 Å². The van der Waals surface area contributed by atoms with Crippen LogP contribution in [0, 0.1) is 0 Å². The lowest BCUT2D eigenvalue weighted by Gasteiger charge is -1.80. The smallest absolute Gasteiger partial charge is 0.0166 e. The van der Waals surface area contributed by atoms with E-state index in [0.717, 1.165) is 19.3 Å². The van der Waals surface area contributed by atoms with Crippen molar-refractivity contribution >= 4 is 0 Å². The minimum atomic E-state index is 1.05. The highest BCUT2D eigenvalue weighted by molar-refractivity contribution is 5.08. The van der Waals surface area contributed by atoms with Crippen LogP contribution in [0.15, 0.2) is 48.6 Å². The van der Waals surface area contributed by atoms with E-state index in [4.69, 9.17) is 0 Å². The molecule has 58 valence electrons. The first-order valence-corrected chi connectivity index (χ1v) is 4.12. The Morgan fingerprint density at radius 3 is 1.27 bits per heavy atom. The van der Waals surface area contributed by atoms with Gasteiger partial charge in [0.05, 0.1) is 0 Å². The average molecular weight is 146 g/mol. The summed E-state index contributed by atoms with van der Waals surface area (Å²) in [6, 6.07) is 0. The summed E-state index contributed by atoms with van der Waals surface area (Å²) in [5.74, 6) is 0. The lowest BCUT2D eigenvalue weighted by Crippen LogP contribution is -1.59. The second-order valence-corrected chi connectivity index (χ2v) is 2.51. The summed E-state index contributed by atoms with van der Waals surface area (Å²) in [7, 11) is 0. The molecule has 0 saturated carbocycles. The molecule has 0 unspecified atom stereocenters. The van der Waals surface area contributed by atoms with Crippen molar-refractivity contribution in [2.75, 3.05) is 0 Å². The Kier molecular flexibility index (Phi) is 4.19. The third kappa shape index (κ3) is 4.38. The van der Waals surface area contributed by atoms with Gasteiger partial charge in [0.2, 0.25) is 0 Å². The van der Waals surface area contributed by atoms with Crippen molar-refractivity contribution < 1.29 is 0 Å². The third-order valence-electron chi connectivity index (χ3n) is 1.53. The molecule has 0 bridgehead atoms. The lowest BCUT2D eigenvalue weighted by molar-refractivity contribution is 1.29. The molecule has 0 amide bonds. The summed E-state index contributed by atoms with van der Waals surface area (Å²) in [6.45, 7) is 0. The van der Waals surface area contributed by atoms with Crippen LogP contribution >= 0.6 is 0 Å². The van der Waals surface area contributed by atoms with Crippen molar-refractivity contribution in [2.24, 2.45) is 0 Å². The van der Waals surface area contributed by atoms with Crippen LogP contribution in [0.5, 0.6) is 0 Å². The number of allylic oxidation sites excluding steroid dienone is 8. The largest absolute Gasteiger partial charge is 0.0844 e. The number of hydrogen-bond donors (Lipinski definition) is 0. The zero-order chi connectivity index (χ0) is 7.78. The normalized spacial score (nSPS) is 26.9. The summed E-state index contributed by atoms with van der Waals surface area (Å²) < 4.78 is 0. The molecule has 11 heavy (non-hydrogen) atoms. The van der Waals surface area contributed by atoms with Gasteiger partial charge in [0, 0.05) is 0 Å². The molecule has 1 aliphatic carbocycles. The van der Waals surface area contributed by atoms with Crippen molar-refractivity contribution in [3.8, 4) is 0 Å². The summed E-state index contributed by atoms with van der Waals surface area (Å²) in [4.78, 5) is 0. The molecular weight excluding hydrogens is 132 g/mol. The maximum atomic E-state index is 2.20. The first-order chi connectivity index (χ1) is 5.50. The Bertz CT molecular complexity index is 170. The van der Waals surface area contributed by atoms with Gasteiger partial charge < -0.3 is 0 Å². The van der Waals surface area contributed by atoms with Gasteiger partial charge in [-0.3, -0.25) is 0 Å². The van der Waals surface area contributed by atoms with Crippen LogP contribution in [0.3, 0.4) is 0 Å². The van der Waals surface area contributed by atoms with E-state index >= 15 is 0 Å². The number of rotatable bonds is 0. The van der Waals surface area contributed by atoms with Crippen LogP contribution < -0.4 is 0 Å². The predicted molar refractivity (Wildman–Crippen MR) is 50.4 cm³/mol. The Hall–Kier alpha value is -1.04. The van der Waals surface area contributed by atoms with Crippen LogP contribution in [-0.4, -0.2) is 0 Å². The monoisotopic (exact) mass is 146 g/mol. The van der Waals surface area contributed by atoms with E-state index in [1.807, 2.05) is 0 Å². The van der Waals surface area contributed by atoms with E-state index in [2.05, 4.69) is 48.6 Å². The van der Waals surface area contributed by atoms with Crippen LogP contribution in [-0.2, 0) is 0 Å². The highest BCUT2D eigenvalue weighted by Crippen LogP contribution is 1.96. The van der Waals surface area contributed by atoms with E-state index in [0.29, 0.717) is 0 Å². The Labute approximate surface area is 68.6 Å². The van der Waals surface area contributed by atoms with E-state index < -0.39 is 0 Å². The maximum absolute atomic E-state index is 2.20. The molecule has 0 saturated heterocycles. The lowest BCUT2D eigenvalue weighted by atomic mass is 10.3. The molecule has 1 aliphatic rings. The third-order valence-corrected chi connectivity index (χ3v) is 1.53. The van der Waals surface area contributed by atoms with Crippen LogP contribution in [0.25, 0.3) is 0 Å². The van der Waals surface area contributed by atoms with Gasteiger partial charge in [-0.05, 0) is 19.3 Å². The Morgan fingerprint density at radius 2 is 0.818 bits per heavy atom. The Morgan fingerprint density at radius 1 is 0.455 bits per heavy atom. The summed E-state index contributed by atoms with van der Waals surface area (Å²) >= 11 is 0. The van der Waals surface area contributed by atoms with E-state index in [1.165, 1.54) is 0 Å². The summed E-state index contributed by atoms with van der Waals surface area (Å²) in [5.41, 5.74) is 0. The fraction of sp³-hybridized carbons (Fsp3) is 0.273. The molecule has 0 N–H and O–H groups in total. The van der Waals surface area contributed by atoms with Crippen LogP contribution in [0.2, 0.25) is 0 Å². The molecule has 0 aromatic rings. The minimum absolute atomic E-state index is 1.05. The standard InChI is InChI=1S/C11H14/c1-2-4-6-8-10-11-9-7-5-3-1/h1-4,7-10H,5-6,11H2/b3-1-,4-2-,9-7+,10-8?. The van der Waals surface area contributed by atoms with Gasteiger partial charge >= 0.3 is 0 Å². The fourth-order valence-electron chi connectivity index (χ4n) is 0.935. The van der Waals surface area contributed by atoms with Crippen molar-refractivity contribution in [1.82, 2.24) is 0 Å². The molecule has 0 radical (unpaired) electrons. The molecule has 0 aromatic carbocycles. The quantitative estimate of drug-likeness (QED) is 0.459. The molecule has 0 aromatic heterocycles. The van der Waals surface area contributed by atoms with E-state index in [1.54, 1.807) is 0 Å². The highest BCUT2D eigenvalue weighted by atomic mass is 13.8. The van der Waals surface area contributed by atoms with Gasteiger partial charge in [0.15, 0.2) is 0 Å². The SMILES string of the molecule is C1=CC/C=C/C/C=C\C=C/C1. The van der Waals surface area contributed by atoms with Gasteiger partial charge in [-0.25, -0.2) is 0 Å². The van der Waals surface area contributed by atoms with Crippen molar-refractivity contribution in [3.63, 3.8) is 0 Å². The summed E-state index contributed by atoms with van der Waals surface area (Å²) in [5, 5.41) is 0. The van der Waals surface area contributed by atoms with Gasteiger partial charge in [0.1, 0.15) is 0 Å². The van der Waals surface area contributed by atoms with Gasteiger partial charge in [-0.15, -0.1) is 0 Å². The van der Waals surface area contributed by atoms with Crippen molar-refractivity contribution in [2.45, 2.75) is 19.3 Å². The average Bonchev–Trinajstić information content (AvgIpc) is 2.08.